The second-order valence-electron chi connectivity index (χ2n) is 6.91. The summed E-state index contributed by atoms with van der Waals surface area (Å²) in [4.78, 5) is 13.5. The first-order valence-corrected chi connectivity index (χ1v) is 8.99. The number of fused-ring (bicyclic) bond motifs is 1. The molecule has 1 saturated carbocycles. The largest absolute Gasteiger partial charge is 0.373 e. The Morgan fingerprint density at radius 1 is 1.04 bits per heavy atom. The molecule has 1 aliphatic heterocycles. The Kier molecular flexibility index (Phi) is 3.63. The van der Waals surface area contributed by atoms with Gasteiger partial charge in [-0.05, 0) is 31.2 Å². The average Bonchev–Trinajstić information content (AvgIpc) is 3.42. The van der Waals surface area contributed by atoms with Crippen LogP contribution in [0.25, 0.3) is 11.2 Å². The number of nitrogens with zero attached hydrogens (tertiary/aromatic N) is 4. The molecule has 3 heterocycles. The third-order valence-electron chi connectivity index (χ3n) is 5.10. The van der Waals surface area contributed by atoms with Gasteiger partial charge in [0.2, 0.25) is 0 Å². The van der Waals surface area contributed by atoms with Crippen molar-refractivity contribution in [2.45, 2.75) is 43.9 Å². The van der Waals surface area contributed by atoms with Crippen LogP contribution < -0.4 is 5.32 Å². The molecule has 5 rings (SSSR count). The molecule has 2 atom stereocenters. The van der Waals surface area contributed by atoms with Gasteiger partial charge in [-0.1, -0.05) is 30.3 Å². The molecule has 6 heteroatoms. The van der Waals surface area contributed by atoms with Gasteiger partial charge in [-0.15, -0.1) is 0 Å². The lowest BCUT2D eigenvalue weighted by atomic mass is 9.97. The molecule has 0 radical (unpaired) electrons. The van der Waals surface area contributed by atoms with Gasteiger partial charge in [0.15, 0.2) is 11.5 Å². The molecule has 3 aromatic rings. The minimum absolute atomic E-state index is 0.133. The summed E-state index contributed by atoms with van der Waals surface area (Å²) in [6, 6.07) is 11.3. The van der Waals surface area contributed by atoms with Crippen molar-refractivity contribution in [3.05, 3.63) is 48.5 Å². The molecular formula is C19H21N5O. The van der Waals surface area contributed by atoms with Gasteiger partial charge in [0.1, 0.15) is 11.8 Å². The molecule has 2 aromatic heterocycles. The fraction of sp³-hybridized carbons (Fsp3) is 0.421. The number of imidazole rings is 1. The summed E-state index contributed by atoms with van der Waals surface area (Å²) in [5.74, 6) is 0.836. The highest BCUT2D eigenvalue weighted by molar-refractivity contribution is 5.82. The van der Waals surface area contributed by atoms with Crippen LogP contribution in [-0.2, 0) is 4.74 Å². The summed E-state index contributed by atoms with van der Waals surface area (Å²) in [7, 11) is 0. The van der Waals surface area contributed by atoms with E-state index < -0.39 is 0 Å². The molecule has 0 amide bonds. The molecular weight excluding hydrogens is 314 g/mol. The van der Waals surface area contributed by atoms with Crippen molar-refractivity contribution in [3.63, 3.8) is 0 Å². The molecule has 0 bridgehead atoms. The Morgan fingerprint density at radius 3 is 2.76 bits per heavy atom. The maximum absolute atomic E-state index is 5.97. The molecule has 2 fully saturated rings. The summed E-state index contributed by atoms with van der Waals surface area (Å²) in [5.41, 5.74) is 3.05. The number of nitrogens with one attached hydrogen (secondary N) is 1. The number of ether oxygens (including phenoxy) is 1. The van der Waals surface area contributed by atoms with Gasteiger partial charge in [-0.2, -0.15) is 0 Å². The van der Waals surface area contributed by atoms with E-state index in [9.17, 15) is 0 Å². The normalized spacial score (nSPS) is 23.7. The zero-order valence-electron chi connectivity index (χ0n) is 14.0. The lowest BCUT2D eigenvalue weighted by molar-refractivity contribution is 0.00976. The Hall–Kier alpha value is -2.47. The SMILES string of the molecule is c1ccc(C2CC(Nc3ncnc4c3ncn4C3CC3)CCO2)cc1. The van der Waals surface area contributed by atoms with E-state index >= 15 is 0 Å². The van der Waals surface area contributed by atoms with E-state index in [-0.39, 0.29) is 6.10 Å². The van der Waals surface area contributed by atoms with Crippen LogP contribution in [0.15, 0.2) is 43.0 Å². The highest BCUT2D eigenvalue weighted by atomic mass is 16.5. The lowest BCUT2D eigenvalue weighted by Gasteiger charge is -2.30. The minimum atomic E-state index is 0.133. The number of benzene rings is 1. The van der Waals surface area contributed by atoms with Crippen LogP contribution in [0.2, 0.25) is 0 Å². The fourth-order valence-corrected chi connectivity index (χ4v) is 3.60. The third kappa shape index (κ3) is 2.87. The number of aromatic nitrogens is 4. The summed E-state index contributed by atoms with van der Waals surface area (Å²) in [6.45, 7) is 0.752. The highest BCUT2D eigenvalue weighted by Crippen LogP contribution is 2.37. The van der Waals surface area contributed by atoms with Crippen molar-refractivity contribution in [1.29, 1.82) is 0 Å². The van der Waals surface area contributed by atoms with Crippen molar-refractivity contribution in [2.24, 2.45) is 0 Å². The first-order valence-electron chi connectivity index (χ1n) is 8.99. The first kappa shape index (κ1) is 14.8. The zero-order chi connectivity index (χ0) is 16.6. The predicted molar refractivity (Wildman–Crippen MR) is 95.4 cm³/mol. The van der Waals surface area contributed by atoms with Crippen molar-refractivity contribution in [3.8, 4) is 0 Å². The van der Waals surface area contributed by atoms with Gasteiger partial charge in [0, 0.05) is 18.7 Å². The smallest absolute Gasteiger partial charge is 0.165 e. The van der Waals surface area contributed by atoms with Crippen molar-refractivity contribution in [1.82, 2.24) is 19.5 Å². The zero-order valence-corrected chi connectivity index (χ0v) is 14.0. The Balaban J connectivity index is 1.37. The molecule has 2 aliphatic rings. The lowest BCUT2D eigenvalue weighted by Crippen LogP contribution is -2.30. The standard InChI is InChI=1S/C19H21N5O/c1-2-4-13(5-3-1)16-10-14(8-9-25-16)23-18-17-19(21-11-20-18)24(12-22-17)15-6-7-15/h1-5,11-12,14-16H,6-10H2,(H,20,21,23). The average molecular weight is 335 g/mol. The van der Waals surface area contributed by atoms with Crippen molar-refractivity contribution in [2.75, 3.05) is 11.9 Å². The van der Waals surface area contributed by atoms with Crippen LogP contribution in [-0.4, -0.2) is 32.2 Å². The van der Waals surface area contributed by atoms with E-state index in [0.29, 0.717) is 12.1 Å². The van der Waals surface area contributed by atoms with Crippen LogP contribution >= 0.6 is 0 Å². The van der Waals surface area contributed by atoms with Crippen LogP contribution in [0, 0.1) is 0 Å². The molecule has 0 spiro atoms. The van der Waals surface area contributed by atoms with Gasteiger partial charge < -0.3 is 14.6 Å². The Morgan fingerprint density at radius 2 is 1.92 bits per heavy atom. The van der Waals surface area contributed by atoms with Crippen LogP contribution in [0.1, 0.15) is 43.4 Å². The van der Waals surface area contributed by atoms with E-state index in [4.69, 9.17) is 4.74 Å². The fourth-order valence-electron chi connectivity index (χ4n) is 3.60. The van der Waals surface area contributed by atoms with E-state index in [1.54, 1.807) is 6.33 Å². The van der Waals surface area contributed by atoms with E-state index in [1.807, 2.05) is 12.4 Å². The van der Waals surface area contributed by atoms with E-state index in [0.717, 1.165) is 36.4 Å². The van der Waals surface area contributed by atoms with Gasteiger partial charge in [0.05, 0.1) is 12.4 Å². The van der Waals surface area contributed by atoms with Gasteiger partial charge >= 0.3 is 0 Å². The molecule has 6 nitrogen and oxygen atoms in total. The molecule has 1 N–H and O–H groups in total. The van der Waals surface area contributed by atoms with E-state index in [1.165, 1.54) is 18.4 Å². The maximum Gasteiger partial charge on any atom is 0.165 e. The number of anilines is 1. The Labute approximate surface area is 146 Å². The molecule has 2 unspecified atom stereocenters. The molecule has 25 heavy (non-hydrogen) atoms. The third-order valence-corrected chi connectivity index (χ3v) is 5.10. The number of rotatable bonds is 4. The van der Waals surface area contributed by atoms with Crippen molar-refractivity contribution < 1.29 is 4.74 Å². The maximum atomic E-state index is 5.97. The molecule has 1 aliphatic carbocycles. The van der Waals surface area contributed by atoms with Gasteiger partial charge in [-0.3, -0.25) is 0 Å². The topological polar surface area (TPSA) is 64.9 Å². The monoisotopic (exact) mass is 335 g/mol. The molecule has 1 aromatic carbocycles. The minimum Gasteiger partial charge on any atom is -0.373 e. The number of hydrogen-bond donors (Lipinski definition) is 1. The van der Waals surface area contributed by atoms with Crippen LogP contribution in [0.3, 0.4) is 0 Å². The number of hydrogen-bond acceptors (Lipinski definition) is 5. The molecule has 128 valence electrons. The second kappa shape index (κ2) is 6.11. The Bertz CT molecular complexity index is 874. The van der Waals surface area contributed by atoms with Crippen LogP contribution in [0.4, 0.5) is 5.82 Å². The summed E-state index contributed by atoms with van der Waals surface area (Å²) in [5, 5.41) is 3.59. The highest BCUT2D eigenvalue weighted by Gasteiger charge is 2.28. The predicted octanol–water partition coefficient (Wildman–Crippen LogP) is 3.49. The van der Waals surface area contributed by atoms with E-state index in [2.05, 4.69) is 49.1 Å². The van der Waals surface area contributed by atoms with Crippen molar-refractivity contribution >= 4 is 17.0 Å². The summed E-state index contributed by atoms with van der Waals surface area (Å²) in [6.07, 6.45) is 8.01. The van der Waals surface area contributed by atoms with Gasteiger partial charge in [0.25, 0.3) is 0 Å². The van der Waals surface area contributed by atoms with Crippen LogP contribution in [0.5, 0.6) is 0 Å². The first-order chi connectivity index (χ1) is 12.4. The molecule has 1 saturated heterocycles. The quantitative estimate of drug-likeness (QED) is 0.790. The summed E-state index contributed by atoms with van der Waals surface area (Å²) < 4.78 is 8.15. The second-order valence-corrected chi connectivity index (χ2v) is 6.91. The van der Waals surface area contributed by atoms with Gasteiger partial charge in [-0.25, -0.2) is 15.0 Å². The summed E-state index contributed by atoms with van der Waals surface area (Å²) >= 11 is 0.